The summed E-state index contributed by atoms with van der Waals surface area (Å²) in [6.45, 7) is 3.65. The summed E-state index contributed by atoms with van der Waals surface area (Å²) >= 11 is 4.77. The van der Waals surface area contributed by atoms with Gasteiger partial charge in [0.2, 0.25) is 0 Å². The van der Waals surface area contributed by atoms with Crippen LogP contribution in [0.25, 0.3) is 0 Å². The summed E-state index contributed by atoms with van der Waals surface area (Å²) in [5, 5.41) is 0. The standard InChI is InChI=1S/C8H9.Ni/c1-2-5-8-6-3-4-7-8;/h2-3,6H,1,4-5H2;. The third-order valence-corrected chi connectivity index (χ3v) is 1.82. The Morgan fingerprint density at radius 2 is 2.56 bits per heavy atom. The van der Waals surface area contributed by atoms with E-state index in [-0.39, 0.29) is 0 Å². The van der Waals surface area contributed by atoms with Gasteiger partial charge in [-0.3, -0.25) is 0 Å². The van der Waals surface area contributed by atoms with Gasteiger partial charge in [-0.05, 0) is 0 Å². The zero-order valence-corrected chi connectivity index (χ0v) is 6.16. The number of rotatable bonds is 2. The van der Waals surface area contributed by atoms with E-state index in [1.54, 1.807) is 0 Å². The van der Waals surface area contributed by atoms with Crippen molar-refractivity contribution >= 4 is 0 Å². The number of hydrogen-bond acceptors (Lipinski definition) is 0. The van der Waals surface area contributed by atoms with E-state index in [1.807, 2.05) is 6.08 Å². The quantitative estimate of drug-likeness (QED) is 0.433. The predicted molar refractivity (Wildman–Crippen MR) is 35.6 cm³/mol. The zero-order valence-electron chi connectivity index (χ0n) is 5.17. The molecule has 0 fully saturated rings. The second-order valence-electron chi connectivity index (χ2n) is 1.99. The van der Waals surface area contributed by atoms with Crippen LogP contribution < -0.4 is 0 Å². The molecule has 0 N–H and O–H groups in total. The minimum absolute atomic E-state index is 0.936. The minimum atomic E-state index is 0.936. The van der Waals surface area contributed by atoms with Gasteiger partial charge in [0.25, 0.3) is 0 Å². The molecule has 1 rings (SSSR count). The van der Waals surface area contributed by atoms with Crippen molar-refractivity contribution in [2.45, 2.75) is 12.8 Å². The van der Waals surface area contributed by atoms with Crippen LogP contribution in [0.1, 0.15) is 12.8 Å². The molecule has 0 atom stereocenters. The Morgan fingerprint density at radius 3 is 3.00 bits per heavy atom. The summed E-state index contributed by atoms with van der Waals surface area (Å²) in [6.07, 6.45) is 8.01. The van der Waals surface area contributed by atoms with Crippen LogP contribution in [-0.4, -0.2) is 0 Å². The van der Waals surface area contributed by atoms with Crippen LogP contribution in [0.4, 0.5) is 0 Å². The van der Waals surface area contributed by atoms with Gasteiger partial charge in [-0.25, -0.2) is 0 Å². The first-order valence-corrected chi connectivity index (χ1v) is 3.46. The van der Waals surface area contributed by atoms with Crippen LogP contribution in [0.2, 0.25) is 0 Å². The third-order valence-electron chi connectivity index (χ3n) is 1.30. The first-order chi connectivity index (χ1) is 4.34. The summed E-state index contributed by atoms with van der Waals surface area (Å²) in [6, 6.07) is 0. The summed E-state index contributed by atoms with van der Waals surface area (Å²) in [7, 11) is 0. The van der Waals surface area contributed by atoms with Gasteiger partial charge in [0.05, 0.1) is 0 Å². The molecule has 1 aliphatic rings. The molecule has 0 nitrogen and oxygen atoms in total. The Bertz CT molecular complexity index is 175. The number of hydrogen-bond donors (Lipinski definition) is 0. The normalized spacial score (nSPS) is 17.1. The molecule has 0 aromatic rings. The molecule has 0 heterocycles. The SMILES string of the molecule is C=CCC1=[C]([Ni])CC=C1. The van der Waals surface area contributed by atoms with Crippen LogP contribution in [0, 0.1) is 0 Å². The molecular weight excluding hydrogens is 155 g/mol. The molecule has 0 aromatic heterocycles. The fourth-order valence-corrected chi connectivity index (χ4v) is 1.14. The van der Waals surface area contributed by atoms with Gasteiger partial charge >= 0.3 is 63.2 Å². The first kappa shape index (κ1) is 6.83. The molecule has 9 heavy (non-hydrogen) atoms. The van der Waals surface area contributed by atoms with E-state index in [0.717, 1.165) is 17.4 Å². The third kappa shape index (κ3) is 1.56. The van der Waals surface area contributed by atoms with Gasteiger partial charge in [-0.15, -0.1) is 0 Å². The van der Waals surface area contributed by atoms with Gasteiger partial charge < -0.3 is 0 Å². The van der Waals surface area contributed by atoms with Crippen molar-refractivity contribution < 1.29 is 15.5 Å². The van der Waals surface area contributed by atoms with E-state index >= 15 is 0 Å². The van der Waals surface area contributed by atoms with Crippen molar-refractivity contribution in [2.24, 2.45) is 0 Å². The fraction of sp³-hybridized carbons (Fsp3) is 0.250. The van der Waals surface area contributed by atoms with Crippen molar-refractivity contribution in [1.29, 1.82) is 0 Å². The Kier molecular flexibility index (Phi) is 2.30. The van der Waals surface area contributed by atoms with Gasteiger partial charge in [-0.2, -0.15) is 0 Å². The summed E-state index contributed by atoms with van der Waals surface area (Å²) < 4.78 is 1.12. The van der Waals surface area contributed by atoms with E-state index in [4.69, 9.17) is 15.5 Å². The fourth-order valence-electron chi connectivity index (χ4n) is 0.842. The molecule has 0 spiro atoms. The van der Waals surface area contributed by atoms with Gasteiger partial charge in [0, 0.05) is 0 Å². The van der Waals surface area contributed by atoms with Crippen LogP contribution in [0.3, 0.4) is 0 Å². The van der Waals surface area contributed by atoms with Crippen LogP contribution in [0.15, 0.2) is 34.9 Å². The Hall–Kier alpha value is -0.286. The van der Waals surface area contributed by atoms with Crippen LogP contribution in [-0.2, 0) is 15.5 Å². The van der Waals surface area contributed by atoms with Crippen LogP contribution in [0.5, 0.6) is 0 Å². The molecule has 0 amide bonds. The van der Waals surface area contributed by atoms with Gasteiger partial charge in [0.1, 0.15) is 0 Å². The number of allylic oxidation sites excluding steroid dienone is 5. The van der Waals surface area contributed by atoms with Gasteiger partial charge in [0.15, 0.2) is 0 Å². The molecule has 0 unspecified atom stereocenters. The summed E-state index contributed by atoms with van der Waals surface area (Å²) in [4.78, 5) is 0. The van der Waals surface area contributed by atoms with E-state index < -0.39 is 0 Å². The molecule has 0 bridgehead atoms. The van der Waals surface area contributed by atoms with E-state index in [2.05, 4.69) is 18.7 Å². The molecule has 0 saturated heterocycles. The Labute approximate surface area is 63.7 Å². The van der Waals surface area contributed by atoms with Crippen molar-refractivity contribution in [2.75, 3.05) is 0 Å². The van der Waals surface area contributed by atoms with Crippen molar-refractivity contribution in [3.63, 3.8) is 0 Å². The van der Waals surface area contributed by atoms with Crippen molar-refractivity contribution in [1.82, 2.24) is 0 Å². The average Bonchev–Trinajstić information content (AvgIpc) is 2.18. The molecular formula is C8H9Ni. The molecule has 1 heteroatoms. The van der Waals surface area contributed by atoms with E-state index in [9.17, 15) is 0 Å². The first-order valence-electron chi connectivity index (χ1n) is 2.96. The maximum atomic E-state index is 4.77. The molecule has 0 saturated carbocycles. The molecule has 0 aliphatic heterocycles. The molecule has 51 valence electrons. The summed E-state index contributed by atoms with van der Waals surface area (Å²) in [5.74, 6) is 0. The second kappa shape index (κ2) is 3.03. The molecule has 0 radical (unpaired) electrons. The van der Waals surface area contributed by atoms with E-state index in [1.165, 1.54) is 5.57 Å². The predicted octanol–water partition coefficient (Wildman–Crippen LogP) is 2.32. The Morgan fingerprint density at radius 1 is 1.78 bits per heavy atom. The molecule has 0 aromatic carbocycles. The van der Waals surface area contributed by atoms with Crippen LogP contribution >= 0.6 is 0 Å². The maximum absolute atomic E-state index is 4.77. The Balaban J connectivity index is 2.64. The topological polar surface area (TPSA) is 0 Å². The van der Waals surface area contributed by atoms with Gasteiger partial charge in [-0.1, -0.05) is 0 Å². The monoisotopic (exact) mass is 163 g/mol. The van der Waals surface area contributed by atoms with E-state index in [0.29, 0.717) is 0 Å². The van der Waals surface area contributed by atoms with Crippen molar-refractivity contribution in [3.8, 4) is 0 Å². The molecule has 1 aliphatic carbocycles. The zero-order chi connectivity index (χ0) is 6.69. The van der Waals surface area contributed by atoms with Crippen molar-refractivity contribution in [3.05, 3.63) is 34.9 Å². The second-order valence-corrected chi connectivity index (χ2v) is 2.59. The summed E-state index contributed by atoms with van der Waals surface area (Å²) in [5.41, 5.74) is 1.28. The average molecular weight is 164 g/mol.